The number of aliphatic carboxylic acids is 1. The molecule has 1 N–H and O–H groups in total. The van der Waals surface area contributed by atoms with Gasteiger partial charge in [0.05, 0.1) is 16.1 Å². The third-order valence-electron chi connectivity index (χ3n) is 1.89. The number of halogens is 1. The minimum Gasteiger partial charge on any atom is -0.481 e. The second-order valence-electron chi connectivity index (χ2n) is 3.06. The van der Waals surface area contributed by atoms with Crippen LogP contribution >= 0.6 is 34.7 Å². The number of para-hydroxylation sites is 1. The quantitative estimate of drug-likeness (QED) is 0.866. The molecule has 0 bridgehead atoms. The number of thiazole rings is 1. The van der Waals surface area contributed by atoms with Crippen LogP contribution in [-0.2, 0) is 4.79 Å². The average Bonchev–Trinajstić information content (AvgIpc) is 2.61. The molecule has 0 aliphatic heterocycles. The summed E-state index contributed by atoms with van der Waals surface area (Å²) in [6.45, 7) is 0. The lowest BCUT2D eigenvalue weighted by Gasteiger charge is -1.92. The maximum absolute atomic E-state index is 10.4. The molecule has 0 radical (unpaired) electrons. The van der Waals surface area contributed by atoms with E-state index >= 15 is 0 Å². The molecule has 0 aliphatic rings. The highest BCUT2D eigenvalue weighted by Crippen LogP contribution is 2.33. The van der Waals surface area contributed by atoms with Crippen molar-refractivity contribution in [3.05, 3.63) is 23.2 Å². The minimum atomic E-state index is -0.786. The molecule has 0 saturated carbocycles. The lowest BCUT2D eigenvalue weighted by atomic mass is 10.3. The summed E-state index contributed by atoms with van der Waals surface area (Å²) in [6, 6.07) is 5.64. The molecule has 16 heavy (non-hydrogen) atoms. The lowest BCUT2D eigenvalue weighted by molar-refractivity contribution is -0.136. The first-order valence-corrected chi connectivity index (χ1v) is 6.74. The lowest BCUT2D eigenvalue weighted by Crippen LogP contribution is -1.95. The van der Waals surface area contributed by atoms with Gasteiger partial charge in [-0.2, -0.15) is 0 Å². The highest BCUT2D eigenvalue weighted by Gasteiger charge is 2.07. The van der Waals surface area contributed by atoms with Gasteiger partial charge in [-0.1, -0.05) is 29.4 Å². The van der Waals surface area contributed by atoms with Crippen molar-refractivity contribution in [2.75, 3.05) is 5.75 Å². The molecule has 2 aromatic rings. The van der Waals surface area contributed by atoms with Gasteiger partial charge in [0, 0.05) is 5.75 Å². The Hall–Kier alpha value is -0.780. The van der Waals surface area contributed by atoms with Gasteiger partial charge in [-0.15, -0.1) is 11.3 Å². The number of nitrogens with zero attached hydrogens (tertiary/aromatic N) is 1. The third-order valence-corrected chi connectivity index (χ3v) is 4.36. The SMILES string of the molecule is O=C(O)CCSc1nc2c(Cl)cccc2s1. The maximum Gasteiger partial charge on any atom is 0.304 e. The van der Waals surface area contributed by atoms with Crippen molar-refractivity contribution >= 4 is 50.9 Å². The van der Waals surface area contributed by atoms with Gasteiger partial charge >= 0.3 is 5.97 Å². The van der Waals surface area contributed by atoms with Crippen molar-refractivity contribution in [3.8, 4) is 0 Å². The zero-order valence-electron chi connectivity index (χ0n) is 8.14. The molecular formula is C10H8ClNO2S2. The molecule has 1 aromatic carbocycles. The van der Waals surface area contributed by atoms with Crippen LogP contribution in [0.15, 0.2) is 22.5 Å². The van der Waals surface area contributed by atoms with Crippen LogP contribution in [0, 0.1) is 0 Å². The van der Waals surface area contributed by atoms with E-state index in [-0.39, 0.29) is 6.42 Å². The number of fused-ring (bicyclic) bond motifs is 1. The summed E-state index contributed by atoms with van der Waals surface area (Å²) in [5, 5.41) is 9.16. The fourth-order valence-corrected chi connectivity index (χ4v) is 3.54. The summed E-state index contributed by atoms with van der Waals surface area (Å²) in [7, 11) is 0. The summed E-state index contributed by atoms with van der Waals surface area (Å²) in [5.74, 6) is -0.251. The molecule has 6 heteroatoms. The molecule has 0 spiro atoms. The first-order valence-electron chi connectivity index (χ1n) is 4.56. The Labute approximate surface area is 105 Å². The second kappa shape index (κ2) is 5.03. The van der Waals surface area contributed by atoms with Crippen LogP contribution in [0.3, 0.4) is 0 Å². The maximum atomic E-state index is 10.4. The van der Waals surface area contributed by atoms with E-state index in [2.05, 4.69) is 4.98 Å². The van der Waals surface area contributed by atoms with Crippen LogP contribution in [0.5, 0.6) is 0 Å². The fourth-order valence-electron chi connectivity index (χ4n) is 1.18. The standard InChI is InChI=1S/C10H8ClNO2S2/c11-6-2-1-3-7-9(6)12-10(16-7)15-5-4-8(13)14/h1-3H,4-5H2,(H,13,14). The number of carboxylic acids is 1. The van der Waals surface area contributed by atoms with Gasteiger partial charge in [0.25, 0.3) is 0 Å². The largest absolute Gasteiger partial charge is 0.481 e. The molecule has 1 aromatic heterocycles. The number of carboxylic acid groups (broad SMARTS) is 1. The molecule has 84 valence electrons. The first-order chi connectivity index (χ1) is 7.66. The van der Waals surface area contributed by atoms with E-state index in [1.54, 1.807) is 6.07 Å². The van der Waals surface area contributed by atoms with Gasteiger partial charge in [0.2, 0.25) is 0 Å². The van der Waals surface area contributed by atoms with Crippen molar-refractivity contribution in [2.24, 2.45) is 0 Å². The number of benzene rings is 1. The van der Waals surface area contributed by atoms with Crippen molar-refractivity contribution in [1.29, 1.82) is 0 Å². The van der Waals surface area contributed by atoms with Gasteiger partial charge in [-0.25, -0.2) is 4.98 Å². The molecule has 0 aliphatic carbocycles. The Morgan fingerprint density at radius 3 is 3.06 bits per heavy atom. The van der Waals surface area contributed by atoms with Gasteiger partial charge in [0.1, 0.15) is 5.52 Å². The molecular weight excluding hydrogens is 266 g/mol. The Kier molecular flexibility index (Phi) is 3.68. The summed E-state index contributed by atoms with van der Waals surface area (Å²) in [6.07, 6.45) is 0.147. The Morgan fingerprint density at radius 1 is 1.56 bits per heavy atom. The number of thioether (sulfide) groups is 1. The summed E-state index contributed by atoms with van der Waals surface area (Å²) >= 11 is 8.98. The number of rotatable bonds is 4. The smallest absolute Gasteiger partial charge is 0.304 e. The van der Waals surface area contributed by atoms with E-state index in [4.69, 9.17) is 16.7 Å². The number of hydrogen-bond acceptors (Lipinski definition) is 4. The van der Waals surface area contributed by atoms with E-state index in [0.717, 1.165) is 14.6 Å². The minimum absolute atomic E-state index is 0.147. The number of hydrogen-bond donors (Lipinski definition) is 1. The monoisotopic (exact) mass is 273 g/mol. The summed E-state index contributed by atoms with van der Waals surface area (Å²) < 4.78 is 1.90. The normalized spacial score (nSPS) is 10.8. The predicted molar refractivity (Wildman–Crippen MR) is 67.6 cm³/mol. The van der Waals surface area contributed by atoms with Crippen molar-refractivity contribution < 1.29 is 9.90 Å². The summed E-state index contributed by atoms with van der Waals surface area (Å²) in [4.78, 5) is 14.7. The van der Waals surface area contributed by atoms with Crippen molar-refractivity contribution in [1.82, 2.24) is 4.98 Å². The van der Waals surface area contributed by atoms with E-state index < -0.39 is 5.97 Å². The molecule has 0 atom stereocenters. The molecule has 0 saturated heterocycles. The average molecular weight is 274 g/mol. The van der Waals surface area contributed by atoms with Crippen LogP contribution in [-0.4, -0.2) is 21.8 Å². The molecule has 0 amide bonds. The Balaban J connectivity index is 2.14. The highest BCUT2D eigenvalue weighted by atomic mass is 35.5. The molecule has 1 heterocycles. The van der Waals surface area contributed by atoms with Crippen LogP contribution in [0.4, 0.5) is 0 Å². The van der Waals surface area contributed by atoms with Crippen LogP contribution in [0.25, 0.3) is 10.2 Å². The molecule has 3 nitrogen and oxygen atoms in total. The van der Waals surface area contributed by atoms with Crippen LogP contribution in [0.2, 0.25) is 5.02 Å². The zero-order chi connectivity index (χ0) is 11.5. The van der Waals surface area contributed by atoms with E-state index in [0.29, 0.717) is 10.8 Å². The van der Waals surface area contributed by atoms with Crippen LogP contribution < -0.4 is 0 Å². The topological polar surface area (TPSA) is 50.2 Å². The molecule has 0 fully saturated rings. The second-order valence-corrected chi connectivity index (χ2v) is 5.84. The Morgan fingerprint density at radius 2 is 2.38 bits per heavy atom. The van der Waals surface area contributed by atoms with Gasteiger partial charge in [-0.3, -0.25) is 4.79 Å². The zero-order valence-corrected chi connectivity index (χ0v) is 10.5. The predicted octanol–water partition coefficient (Wildman–Crippen LogP) is 3.52. The van der Waals surface area contributed by atoms with E-state index in [1.165, 1.54) is 23.1 Å². The first kappa shape index (κ1) is 11.7. The van der Waals surface area contributed by atoms with Crippen molar-refractivity contribution in [2.45, 2.75) is 10.8 Å². The third kappa shape index (κ3) is 2.66. The van der Waals surface area contributed by atoms with E-state index in [9.17, 15) is 4.79 Å². The number of carbonyl (C=O) groups is 1. The van der Waals surface area contributed by atoms with Gasteiger partial charge in [0.15, 0.2) is 4.34 Å². The molecule has 2 rings (SSSR count). The molecule has 0 unspecified atom stereocenters. The van der Waals surface area contributed by atoms with Crippen molar-refractivity contribution in [3.63, 3.8) is 0 Å². The van der Waals surface area contributed by atoms with E-state index in [1.807, 2.05) is 12.1 Å². The highest BCUT2D eigenvalue weighted by molar-refractivity contribution is 8.01. The van der Waals surface area contributed by atoms with Gasteiger partial charge in [-0.05, 0) is 12.1 Å². The van der Waals surface area contributed by atoms with Crippen LogP contribution in [0.1, 0.15) is 6.42 Å². The van der Waals surface area contributed by atoms with Gasteiger partial charge < -0.3 is 5.11 Å². The number of aromatic nitrogens is 1. The Bertz CT molecular complexity index is 527. The summed E-state index contributed by atoms with van der Waals surface area (Å²) in [5.41, 5.74) is 0.798. The fraction of sp³-hybridized carbons (Fsp3) is 0.200.